The Hall–Kier alpha value is -9.84. The van der Waals surface area contributed by atoms with Gasteiger partial charge in [0.25, 0.3) is 0 Å². The molecule has 6 saturated carbocycles. The van der Waals surface area contributed by atoms with E-state index >= 15 is 0 Å². The SMILES string of the molecule is CCCCCCC[C@H]1CC[C@H](c2ccc(-c3ccc(F)nc3)cc2)CC1.CCCCCC[C@H]1CC[C@H](c2ccc(-c3ccc(F)nc3)cc2)CC1.CCCC[C@H]1CC[C@H](c2ccc(-c3ccc(F)nc3)cc2)CC1.CCC[C@H]1CC[C@H](c2ccc(-c3ccc(F)nc3)cc2)CC1.CC[C@H]1CC[C@H](c2ccc(-c3ccc(Cl)nc3)cc2)CC1.CC[C@H]1CC[C@H](c2ccc(-c3ccc(F)nc3)cc2)CC1. The third-order valence-electron chi connectivity index (χ3n) is 31.7. The van der Waals surface area contributed by atoms with Crippen LogP contribution in [0, 0.1) is 65.2 Å². The summed E-state index contributed by atoms with van der Waals surface area (Å²) in [6, 6.07) is 72.8. The van der Waals surface area contributed by atoms with Crippen molar-refractivity contribution in [1.82, 2.24) is 29.9 Å². The first kappa shape index (κ1) is 105. The molecule has 0 amide bonds. The van der Waals surface area contributed by atoms with E-state index in [0.717, 1.165) is 103 Å². The fraction of sp³-hybridized carbons (Fsp3) is 0.476. The summed E-state index contributed by atoms with van der Waals surface area (Å²) in [6.45, 7) is 13.8. The Bertz CT molecular complexity index is 5220. The Morgan fingerprint density at radius 2 is 0.377 bits per heavy atom. The maximum absolute atomic E-state index is 13.0. The molecule has 0 aliphatic heterocycles. The number of benzene rings is 6. The topological polar surface area (TPSA) is 77.3 Å². The predicted octanol–water partition coefficient (Wildman–Crippen LogP) is 38.6. The predicted molar refractivity (Wildman–Crippen MR) is 568 cm³/mol. The zero-order valence-electron chi connectivity index (χ0n) is 83.8. The van der Waals surface area contributed by atoms with Crippen LogP contribution >= 0.6 is 11.6 Å². The smallest absolute Gasteiger partial charge is 0.212 e. The third-order valence-corrected chi connectivity index (χ3v) is 32.0. The van der Waals surface area contributed by atoms with Gasteiger partial charge >= 0.3 is 0 Å². The average Bonchev–Trinajstić information content (AvgIpc) is 0.866. The average molecular weight is 1890 g/mol. The molecule has 6 aliphatic rings. The fourth-order valence-corrected chi connectivity index (χ4v) is 22.8. The van der Waals surface area contributed by atoms with Gasteiger partial charge in [-0.3, -0.25) is 0 Å². The van der Waals surface area contributed by atoms with Crippen LogP contribution in [0.15, 0.2) is 256 Å². The van der Waals surface area contributed by atoms with Crippen molar-refractivity contribution in [3.63, 3.8) is 0 Å². The largest absolute Gasteiger partial charge is 0.244 e. The molecule has 6 nitrogen and oxygen atoms in total. The second-order valence-electron chi connectivity index (χ2n) is 41.1. The molecule has 0 unspecified atom stereocenters. The number of rotatable bonds is 30. The van der Waals surface area contributed by atoms with Gasteiger partial charge < -0.3 is 0 Å². The summed E-state index contributed by atoms with van der Waals surface area (Å²) in [4.78, 5) is 22.8. The zero-order chi connectivity index (χ0) is 96.4. The summed E-state index contributed by atoms with van der Waals surface area (Å²) >= 11 is 5.84. The molecule has 6 aliphatic carbocycles. The lowest BCUT2D eigenvalue weighted by Crippen LogP contribution is -2.13. The highest BCUT2D eigenvalue weighted by Gasteiger charge is 2.29. The molecule has 6 aromatic heterocycles. The van der Waals surface area contributed by atoms with Crippen LogP contribution in [0.4, 0.5) is 22.0 Å². The number of hydrogen-bond donors (Lipinski definition) is 0. The summed E-state index contributed by atoms with van der Waals surface area (Å²) in [5, 5.41) is 0.544. The van der Waals surface area contributed by atoms with Gasteiger partial charge in [-0.1, -0.05) is 314 Å². The minimum atomic E-state index is -0.428. The van der Waals surface area contributed by atoms with E-state index in [2.05, 4.69) is 217 Å². The Kier molecular flexibility index (Phi) is 43.7. The quantitative estimate of drug-likeness (QED) is 0.0254. The molecule has 0 saturated heterocycles. The van der Waals surface area contributed by atoms with E-state index in [0.29, 0.717) is 34.7 Å². The summed E-state index contributed by atoms with van der Waals surface area (Å²) < 4.78 is 64.6. The van der Waals surface area contributed by atoms with Crippen molar-refractivity contribution in [2.45, 2.75) is 347 Å². The molecule has 6 heterocycles. The second-order valence-corrected chi connectivity index (χ2v) is 41.4. The lowest BCUT2D eigenvalue weighted by molar-refractivity contribution is 0.302. The first-order valence-corrected chi connectivity index (χ1v) is 54.2. The fourth-order valence-electron chi connectivity index (χ4n) is 22.7. The molecule has 12 heteroatoms. The van der Waals surface area contributed by atoms with Gasteiger partial charge in [0.2, 0.25) is 29.7 Å². The molecule has 0 bridgehead atoms. The van der Waals surface area contributed by atoms with Crippen LogP contribution in [0.1, 0.15) is 380 Å². The molecule has 12 aromatic rings. The number of unbranched alkanes of at least 4 members (excludes halogenated alkanes) is 8. The first-order valence-electron chi connectivity index (χ1n) is 53.9. The summed E-state index contributed by atoms with van der Waals surface area (Å²) in [5.74, 6) is 7.92. The molecular weight excluding hydrogens is 1730 g/mol. The summed E-state index contributed by atoms with van der Waals surface area (Å²) in [5.41, 5.74) is 21.5. The monoisotopic (exact) mass is 1880 g/mol. The molecular formula is C126H156ClF5N6. The maximum Gasteiger partial charge on any atom is 0.212 e. The molecule has 0 radical (unpaired) electrons. The Morgan fingerprint density at radius 3 is 0.572 bits per heavy atom. The van der Waals surface area contributed by atoms with Crippen molar-refractivity contribution in [2.24, 2.45) is 35.5 Å². The molecule has 6 aromatic carbocycles. The van der Waals surface area contributed by atoms with E-state index in [1.165, 1.54) is 339 Å². The Labute approximate surface area is 830 Å². The molecule has 0 N–H and O–H groups in total. The van der Waals surface area contributed by atoms with Gasteiger partial charge in [0.05, 0.1) is 0 Å². The minimum Gasteiger partial charge on any atom is -0.244 e. The van der Waals surface area contributed by atoms with Crippen LogP contribution < -0.4 is 0 Å². The number of halogens is 6. The van der Waals surface area contributed by atoms with Crippen molar-refractivity contribution in [1.29, 1.82) is 0 Å². The molecule has 6 fully saturated rings. The van der Waals surface area contributed by atoms with Crippen LogP contribution in [0.5, 0.6) is 0 Å². The van der Waals surface area contributed by atoms with E-state index < -0.39 is 29.7 Å². The van der Waals surface area contributed by atoms with E-state index in [1.807, 2.05) is 18.3 Å². The highest BCUT2D eigenvalue weighted by molar-refractivity contribution is 6.29. The van der Waals surface area contributed by atoms with Crippen molar-refractivity contribution in [2.75, 3.05) is 0 Å². The zero-order valence-corrected chi connectivity index (χ0v) is 84.6. The first-order chi connectivity index (χ1) is 67.6. The molecule has 0 spiro atoms. The van der Waals surface area contributed by atoms with Crippen molar-refractivity contribution >= 4 is 11.6 Å². The Morgan fingerprint density at radius 1 is 0.188 bits per heavy atom. The number of hydrogen-bond acceptors (Lipinski definition) is 6. The van der Waals surface area contributed by atoms with Crippen LogP contribution in [0.2, 0.25) is 5.15 Å². The van der Waals surface area contributed by atoms with Crippen molar-refractivity contribution in [3.05, 3.63) is 324 Å². The van der Waals surface area contributed by atoms with E-state index in [-0.39, 0.29) is 0 Å². The minimum absolute atomic E-state index is 0.424. The molecule has 732 valence electrons. The number of aromatic nitrogens is 6. The van der Waals surface area contributed by atoms with E-state index in [1.54, 1.807) is 61.3 Å². The van der Waals surface area contributed by atoms with Gasteiger partial charge in [0.15, 0.2) is 0 Å². The lowest BCUT2D eigenvalue weighted by Gasteiger charge is -2.29. The van der Waals surface area contributed by atoms with Crippen molar-refractivity contribution in [3.8, 4) is 66.8 Å². The Balaban J connectivity index is 0.000000140. The highest BCUT2D eigenvalue weighted by Crippen LogP contribution is 2.45. The van der Waals surface area contributed by atoms with E-state index in [9.17, 15) is 22.0 Å². The van der Waals surface area contributed by atoms with Gasteiger partial charge in [-0.15, -0.1) is 0 Å². The van der Waals surface area contributed by atoms with Crippen LogP contribution in [-0.4, -0.2) is 29.9 Å². The van der Waals surface area contributed by atoms with Gasteiger partial charge in [0, 0.05) is 70.6 Å². The number of pyridine rings is 6. The van der Waals surface area contributed by atoms with Crippen molar-refractivity contribution < 1.29 is 22.0 Å². The van der Waals surface area contributed by atoms with Gasteiger partial charge in [0.1, 0.15) is 5.15 Å². The molecule has 138 heavy (non-hydrogen) atoms. The van der Waals surface area contributed by atoms with E-state index in [4.69, 9.17) is 11.6 Å². The highest BCUT2D eigenvalue weighted by atomic mass is 35.5. The van der Waals surface area contributed by atoms with Crippen LogP contribution in [-0.2, 0) is 0 Å². The number of nitrogens with zero attached hydrogens (tertiary/aromatic N) is 6. The lowest BCUT2D eigenvalue weighted by atomic mass is 9.77. The van der Waals surface area contributed by atoms with Crippen LogP contribution in [0.25, 0.3) is 66.8 Å². The van der Waals surface area contributed by atoms with Gasteiger partial charge in [-0.05, 0) is 365 Å². The van der Waals surface area contributed by atoms with Gasteiger partial charge in [-0.25, -0.2) is 29.9 Å². The second kappa shape index (κ2) is 57.2. The normalized spacial score (nSPS) is 21.3. The third kappa shape index (κ3) is 33.7. The van der Waals surface area contributed by atoms with Crippen LogP contribution in [0.3, 0.4) is 0 Å². The summed E-state index contributed by atoms with van der Waals surface area (Å²) in [6.07, 6.45) is 67.3. The standard InChI is InChI=1S/C24H32FN.C23H30FN.C21H26FN.C20H24FN.C19H22ClN.C19H22FN/c1-2-3-4-5-6-7-19-8-10-20(11-9-19)21-12-14-22(15-13-21)23-16-17-24(25)26-18-23;1-2-3-4-5-6-18-7-9-19(10-8-18)20-11-13-21(14-12-20)22-15-16-23(24)25-17-22;1-2-3-4-16-5-7-17(8-6-16)18-9-11-19(12-10-18)20-13-14-21(22)23-15-20;1-2-3-15-4-6-16(7-5-15)17-8-10-18(11-9-17)19-12-13-20(21)22-14-19;2*1-2-14-3-5-15(6-4-14)16-7-9-17(10-8-16)18-11-12-19(20)21-13-18/h12-20H,2-11H2,1H3;11-19H,2-10H2,1H3;9-17H,2-8H2,1H3;8-16H,2-7H2,1H3;2*7-15H,2-6H2,1H3/t19-,20-;18-,19-;16-,17-;15-,16-;2*14-,15-. The molecule has 18 rings (SSSR count). The summed E-state index contributed by atoms with van der Waals surface area (Å²) in [7, 11) is 0. The van der Waals surface area contributed by atoms with Gasteiger partial charge in [-0.2, -0.15) is 22.0 Å². The molecule has 0 atom stereocenters. The maximum atomic E-state index is 13.0.